The topological polar surface area (TPSA) is 110 Å². The maximum absolute atomic E-state index is 14.2. The molecule has 7 rings (SSSR count). The Morgan fingerprint density at radius 3 is 2.36 bits per heavy atom. The van der Waals surface area contributed by atoms with Gasteiger partial charge in [-0.1, -0.05) is 55.3 Å². The van der Waals surface area contributed by atoms with E-state index in [0.717, 1.165) is 79.4 Å². The normalized spacial score (nSPS) is 15.9. The number of aryl methyl sites for hydroxylation is 1. The third-order valence-electron chi connectivity index (χ3n) is 9.34. The summed E-state index contributed by atoms with van der Waals surface area (Å²) in [4.78, 5) is 20.4. The number of pyridine rings is 1. The molecule has 1 amide bonds. The van der Waals surface area contributed by atoms with E-state index in [1.807, 2.05) is 41.3 Å². The van der Waals surface area contributed by atoms with Crippen LogP contribution in [0.4, 0.5) is 5.69 Å². The minimum atomic E-state index is -4.04. The highest BCUT2D eigenvalue weighted by atomic mass is 79.9. The second-order valence-corrected chi connectivity index (χ2v) is 14.5. The Kier molecular flexibility index (Phi) is 7.66. The number of carbonyl (C=O) groups is 1. The Morgan fingerprint density at radius 2 is 1.64 bits per heavy atom. The highest BCUT2D eigenvalue weighted by Crippen LogP contribution is 2.56. The van der Waals surface area contributed by atoms with Crippen molar-refractivity contribution >= 4 is 48.6 Å². The van der Waals surface area contributed by atoms with Gasteiger partial charge in [0.15, 0.2) is 5.65 Å². The zero-order valence-electron chi connectivity index (χ0n) is 25.0. The Hall–Kier alpha value is -3.80. The van der Waals surface area contributed by atoms with Crippen molar-refractivity contribution in [1.29, 1.82) is 0 Å². The summed E-state index contributed by atoms with van der Waals surface area (Å²) in [6, 6.07) is 16.4. The Bertz CT molecular complexity index is 2010. The van der Waals surface area contributed by atoms with Gasteiger partial charge >= 0.3 is 0 Å². The van der Waals surface area contributed by atoms with E-state index in [2.05, 4.69) is 21.0 Å². The summed E-state index contributed by atoms with van der Waals surface area (Å²) in [6.07, 6.45) is 11.5. The highest BCUT2D eigenvalue weighted by molar-refractivity contribution is 9.10. The second kappa shape index (κ2) is 11.5. The van der Waals surface area contributed by atoms with Gasteiger partial charge in [0.2, 0.25) is 5.91 Å². The van der Waals surface area contributed by atoms with E-state index < -0.39 is 15.4 Å². The number of hydrogen-bond acceptors (Lipinski definition) is 6. The van der Waals surface area contributed by atoms with E-state index >= 15 is 0 Å². The van der Waals surface area contributed by atoms with Crippen LogP contribution in [0.25, 0.3) is 33.3 Å². The summed E-state index contributed by atoms with van der Waals surface area (Å²) < 4.78 is 32.0. The lowest BCUT2D eigenvalue weighted by Crippen LogP contribution is -2.36. The van der Waals surface area contributed by atoms with Gasteiger partial charge in [0.05, 0.1) is 28.4 Å². The smallest absolute Gasteiger partial charge is 0.270 e. The predicted octanol–water partition coefficient (Wildman–Crippen LogP) is 6.52. The molecule has 11 heteroatoms. The first-order chi connectivity index (χ1) is 21.8. The fourth-order valence-electron chi connectivity index (χ4n) is 7.11. The first kappa shape index (κ1) is 29.9. The van der Waals surface area contributed by atoms with Gasteiger partial charge in [-0.25, -0.2) is 17.4 Å². The van der Waals surface area contributed by atoms with Crippen LogP contribution in [-0.2, 0) is 26.8 Å². The summed E-state index contributed by atoms with van der Waals surface area (Å²) in [5, 5.41) is 14.2. The van der Waals surface area contributed by atoms with Gasteiger partial charge in [0.1, 0.15) is 4.60 Å². The van der Waals surface area contributed by atoms with Gasteiger partial charge in [-0.05, 0) is 71.3 Å². The monoisotopic (exact) mass is 687 g/mol. The van der Waals surface area contributed by atoms with Gasteiger partial charge in [-0.3, -0.25) is 9.48 Å². The third-order valence-corrected chi connectivity index (χ3v) is 12.0. The molecule has 1 aliphatic heterocycles. The first-order valence-electron chi connectivity index (χ1n) is 15.3. The van der Waals surface area contributed by atoms with Gasteiger partial charge in [-0.2, -0.15) is 5.10 Å². The summed E-state index contributed by atoms with van der Waals surface area (Å²) in [5.41, 5.74) is 4.71. The van der Waals surface area contributed by atoms with Crippen molar-refractivity contribution in [2.24, 2.45) is 0 Å². The average molecular weight is 689 g/mol. The molecule has 9 nitrogen and oxygen atoms in total. The summed E-state index contributed by atoms with van der Waals surface area (Å²) in [6.45, 7) is 0.990. The lowest BCUT2D eigenvalue weighted by Gasteiger charge is -2.22. The molecule has 0 radical (unpaired) electrons. The molecule has 1 spiro atoms. The standard InChI is InChI=1S/C34H34BrN5O4S/c1-38-27-21-36-32-29(30(27)34(33(38)42)16-6-7-17-34)28(31(35)40(32)45(43,44)26-10-4-2-5-11-26)24-14-12-23(13-15-24)25-20-37-39(22-25)18-8-3-9-19-41/h2,4-5,10-15,20-22,41H,3,6-9,16-19H2,1H3. The van der Waals surface area contributed by atoms with E-state index in [4.69, 9.17) is 10.1 Å². The van der Waals surface area contributed by atoms with Crippen LogP contribution in [0.1, 0.15) is 50.5 Å². The number of likely N-dealkylation sites (N-methyl/N-ethyl adjacent to an activating group) is 1. The van der Waals surface area contributed by atoms with Crippen LogP contribution in [0.2, 0.25) is 0 Å². The zero-order valence-corrected chi connectivity index (χ0v) is 27.4. The molecular formula is C34H34BrN5O4S. The molecule has 232 valence electrons. The Morgan fingerprint density at radius 1 is 0.933 bits per heavy atom. The third kappa shape index (κ3) is 4.74. The lowest BCUT2D eigenvalue weighted by molar-refractivity contribution is -0.122. The fourth-order valence-corrected chi connectivity index (χ4v) is 9.65. The largest absolute Gasteiger partial charge is 0.396 e. The molecule has 0 bridgehead atoms. The van der Waals surface area contributed by atoms with Crippen molar-refractivity contribution in [3.8, 4) is 22.3 Å². The SMILES string of the molecule is CN1C(=O)C2(CCCC2)c2c1cnc1c2c(-c2ccc(-c3cnn(CCCCCO)c3)cc2)c(Br)n1S(=O)(=O)c1ccccc1. The number of carbonyl (C=O) groups excluding carboxylic acids is 1. The molecule has 1 saturated carbocycles. The van der Waals surface area contributed by atoms with Crippen molar-refractivity contribution in [1.82, 2.24) is 18.7 Å². The van der Waals surface area contributed by atoms with E-state index in [1.54, 1.807) is 48.5 Å². The van der Waals surface area contributed by atoms with E-state index in [1.165, 1.54) is 3.97 Å². The summed E-state index contributed by atoms with van der Waals surface area (Å²) >= 11 is 3.72. The van der Waals surface area contributed by atoms with Gasteiger partial charge in [0, 0.05) is 48.5 Å². The van der Waals surface area contributed by atoms with Crippen LogP contribution < -0.4 is 4.90 Å². The number of nitrogens with zero attached hydrogens (tertiary/aromatic N) is 5. The maximum atomic E-state index is 14.2. The molecule has 0 saturated heterocycles. The number of rotatable bonds is 9. The fraction of sp³-hybridized carbons (Fsp3) is 0.324. The molecule has 1 N–H and O–H groups in total. The van der Waals surface area contributed by atoms with Gasteiger partial charge in [-0.15, -0.1) is 0 Å². The summed E-state index contributed by atoms with van der Waals surface area (Å²) in [7, 11) is -2.25. The maximum Gasteiger partial charge on any atom is 0.270 e. The molecule has 5 aromatic rings. The van der Waals surface area contributed by atoms with Crippen LogP contribution >= 0.6 is 15.9 Å². The minimum absolute atomic E-state index is 0.0498. The quantitative estimate of drug-likeness (QED) is 0.177. The average Bonchev–Trinajstić information content (AvgIpc) is 3.83. The number of hydrogen-bond donors (Lipinski definition) is 1. The number of aliphatic hydroxyl groups is 1. The first-order valence-corrected chi connectivity index (χ1v) is 17.6. The molecule has 45 heavy (non-hydrogen) atoms. The van der Waals surface area contributed by atoms with Crippen molar-refractivity contribution in [3.63, 3.8) is 0 Å². The van der Waals surface area contributed by atoms with E-state index in [0.29, 0.717) is 21.2 Å². The number of benzene rings is 2. The Labute approximate surface area is 270 Å². The van der Waals surface area contributed by atoms with Crippen LogP contribution in [0.5, 0.6) is 0 Å². The summed E-state index contributed by atoms with van der Waals surface area (Å²) in [5.74, 6) is 0.0498. The highest BCUT2D eigenvalue weighted by Gasteiger charge is 2.53. The molecule has 4 heterocycles. The number of anilines is 1. The van der Waals surface area contributed by atoms with Crippen LogP contribution in [-0.4, -0.2) is 51.8 Å². The Balaban J connectivity index is 1.40. The zero-order chi connectivity index (χ0) is 31.3. The van der Waals surface area contributed by atoms with Crippen LogP contribution in [0.15, 0.2) is 82.7 Å². The number of aliphatic hydroxyl groups excluding tert-OH is 1. The molecule has 2 aliphatic rings. The van der Waals surface area contributed by atoms with E-state index in [-0.39, 0.29) is 17.4 Å². The van der Waals surface area contributed by atoms with Crippen molar-refractivity contribution in [3.05, 3.63) is 83.4 Å². The van der Waals surface area contributed by atoms with Gasteiger partial charge < -0.3 is 10.0 Å². The number of amides is 1. The number of unbranched alkanes of at least 4 members (excludes halogenated alkanes) is 2. The molecule has 2 aromatic carbocycles. The molecule has 1 fully saturated rings. The molecule has 3 aromatic heterocycles. The van der Waals surface area contributed by atoms with Crippen LogP contribution in [0, 0.1) is 0 Å². The van der Waals surface area contributed by atoms with Crippen molar-refractivity contribution in [2.75, 3.05) is 18.6 Å². The predicted molar refractivity (Wildman–Crippen MR) is 178 cm³/mol. The number of halogens is 1. The van der Waals surface area contributed by atoms with Crippen molar-refractivity contribution < 1.29 is 18.3 Å². The van der Waals surface area contributed by atoms with Crippen LogP contribution in [0.3, 0.4) is 0 Å². The number of fused-ring (bicyclic) bond motifs is 4. The minimum Gasteiger partial charge on any atom is -0.396 e. The number of aromatic nitrogens is 4. The van der Waals surface area contributed by atoms with E-state index in [9.17, 15) is 13.2 Å². The molecule has 0 unspecified atom stereocenters. The second-order valence-electron chi connectivity index (χ2n) is 12.0. The van der Waals surface area contributed by atoms with Crippen molar-refractivity contribution in [2.45, 2.75) is 61.8 Å². The molecule has 0 atom stereocenters. The van der Waals surface area contributed by atoms with Gasteiger partial charge in [0.25, 0.3) is 10.0 Å². The lowest BCUT2D eigenvalue weighted by atomic mass is 9.78. The molecular weight excluding hydrogens is 654 g/mol. The molecule has 1 aliphatic carbocycles.